The highest BCUT2D eigenvalue weighted by Gasteiger charge is 2.31. The Bertz CT molecular complexity index is 463. The molecule has 0 aliphatic carbocycles. The Morgan fingerprint density at radius 2 is 1.90 bits per heavy atom. The first kappa shape index (κ1) is 17.9. The summed E-state index contributed by atoms with van der Waals surface area (Å²) in [6.45, 7) is 0.0545. The van der Waals surface area contributed by atoms with Crippen LogP contribution >= 0.6 is 15.9 Å². The van der Waals surface area contributed by atoms with Crippen LogP contribution in [0.2, 0.25) is 0 Å². The number of carbonyl (C=O) groups is 1. The lowest BCUT2D eigenvalue weighted by atomic mass is 10.1. The van der Waals surface area contributed by atoms with Gasteiger partial charge in [0.2, 0.25) is 0 Å². The number of benzene rings is 1. The van der Waals surface area contributed by atoms with Gasteiger partial charge in [-0.1, -0.05) is 12.1 Å². The van der Waals surface area contributed by atoms with Gasteiger partial charge < -0.3 is 4.74 Å². The molecule has 0 radical (unpaired) electrons. The SMILES string of the molecule is O=C(OCCCCC(F)CC(F)(F)F)c1ccccc1Br. The summed E-state index contributed by atoms with van der Waals surface area (Å²) < 4.78 is 54.2. The van der Waals surface area contributed by atoms with Gasteiger partial charge in [-0.2, -0.15) is 13.2 Å². The summed E-state index contributed by atoms with van der Waals surface area (Å²) in [5.74, 6) is -0.519. The molecule has 0 saturated carbocycles. The zero-order valence-corrected chi connectivity index (χ0v) is 12.7. The van der Waals surface area contributed by atoms with E-state index in [1.54, 1.807) is 24.3 Å². The van der Waals surface area contributed by atoms with E-state index in [0.717, 1.165) is 0 Å². The molecule has 118 valence electrons. The van der Waals surface area contributed by atoms with Gasteiger partial charge in [-0.05, 0) is 47.3 Å². The van der Waals surface area contributed by atoms with Crippen LogP contribution < -0.4 is 0 Å². The molecule has 1 atom stereocenters. The van der Waals surface area contributed by atoms with Crippen molar-refractivity contribution in [3.05, 3.63) is 34.3 Å². The maximum absolute atomic E-state index is 13.0. The average Bonchev–Trinajstić information content (AvgIpc) is 2.36. The third-order valence-electron chi connectivity index (χ3n) is 2.69. The van der Waals surface area contributed by atoms with Crippen LogP contribution in [0.5, 0.6) is 0 Å². The molecule has 0 N–H and O–H groups in total. The van der Waals surface area contributed by atoms with Crippen molar-refractivity contribution < 1.29 is 27.1 Å². The molecule has 21 heavy (non-hydrogen) atoms. The lowest BCUT2D eigenvalue weighted by molar-refractivity contribution is -0.146. The number of rotatable bonds is 7. The lowest BCUT2D eigenvalue weighted by Crippen LogP contribution is -2.16. The Morgan fingerprint density at radius 1 is 1.24 bits per heavy atom. The van der Waals surface area contributed by atoms with Crippen molar-refractivity contribution in [3.63, 3.8) is 0 Å². The minimum Gasteiger partial charge on any atom is -0.462 e. The Morgan fingerprint density at radius 3 is 2.52 bits per heavy atom. The average molecular weight is 371 g/mol. The molecule has 0 saturated heterocycles. The van der Waals surface area contributed by atoms with Crippen LogP contribution in [0, 0.1) is 0 Å². The maximum Gasteiger partial charge on any atom is 0.391 e. The van der Waals surface area contributed by atoms with Gasteiger partial charge in [0.05, 0.1) is 18.6 Å². The predicted molar refractivity (Wildman–Crippen MR) is 73.8 cm³/mol. The van der Waals surface area contributed by atoms with E-state index in [-0.39, 0.29) is 19.4 Å². The fraction of sp³-hybridized carbons (Fsp3) is 0.500. The fourth-order valence-electron chi connectivity index (χ4n) is 1.69. The molecule has 0 spiro atoms. The van der Waals surface area contributed by atoms with Gasteiger partial charge in [0.1, 0.15) is 6.17 Å². The van der Waals surface area contributed by atoms with Gasteiger partial charge in [0.15, 0.2) is 0 Å². The van der Waals surface area contributed by atoms with Crippen molar-refractivity contribution in [1.82, 2.24) is 0 Å². The fourth-order valence-corrected chi connectivity index (χ4v) is 2.14. The van der Waals surface area contributed by atoms with E-state index < -0.39 is 24.7 Å². The van der Waals surface area contributed by atoms with E-state index in [0.29, 0.717) is 16.5 Å². The predicted octanol–water partition coefficient (Wildman–Crippen LogP) is 5.07. The van der Waals surface area contributed by atoms with Crippen molar-refractivity contribution in [3.8, 4) is 0 Å². The zero-order chi connectivity index (χ0) is 15.9. The summed E-state index contributed by atoms with van der Waals surface area (Å²) in [7, 11) is 0. The molecule has 1 rings (SSSR count). The van der Waals surface area contributed by atoms with Gasteiger partial charge in [0, 0.05) is 4.47 Å². The number of halogens is 5. The van der Waals surface area contributed by atoms with Crippen molar-refractivity contribution in [1.29, 1.82) is 0 Å². The summed E-state index contributed by atoms with van der Waals surface area (Å²) in [5.41, 5.74) is 0.373. The molecule has 7 heteroatoms. The highest BCUT2D eigenvalue weighted by atomic mass is 79.9. The molecular weight excluding hydrogens is 356 g/mol. The van der Waals surface area contributed by atoms with Crippen LogP contribution in [-0.4, -0.2) is 24.9 Å². The van der Waals surface area contributed by atoms with Crippen LogP contribution in [0.1, 0.15) is 36.0 Å². The van der Waals surface area contributed by atoms with Gasteiger partial charge >= 0.3 is 12.1 Å². The first-order chi connectivity index (χ1) is 9.79. The van der Waals surface area contributed by atoms with Gasteiger partial charge in [0.25, 0.3) is 0 Å². The van der Waals surface area contributed by atoms with E-state index in [1.165, 1.54) is 0 Å². The molecule has 0 aromatic heterocycles. The molecule has 0 amide bonds. The first-order valence-corrected chi connectivity index (χ1v) is 7.21. The summed E-state index contributed by atoms with van der Waals surface area (Å²) in [6, 6.07) is 6.73. The van der Waals surface area contributed by atoms with Crippen LogP contribution in [0.15, 0.2) is 28.7 Å². The van der Waals surface area contributed by atoms with E-state index in [2.05, 4.69) is 15.9 Å². The number of carbonyl (C=O) groups excluding carboxylic acids is 1. The molecule has 1 aromatic carbocycles. The number of alkyl halides is 4. The third kappa shape index (κ3) is 7.45. The summed E-state index contributed by atoms with van der Waals surface area (Å²) in [6.07, 6.45) is -7.43. The first-order valence-electron chi connectivity index (χ1n) is 6.42. The van der Waals surface area contributed by atoms with Crippen LogP contribution in [0.25, 0.3) is 0 Å². The highest BCUT2D eigenvalue weighted by Crippen LogP contribution is 2.25. The molecule has 2 nitrogen and oxygen atoms in total. The number of ether oxygens (including phenoxy) is 1. The standard InChI is InChI=1S/C14H15BrF4O2/c15-12-7-2-1-6-11(12)13(20)21-8-4-3-5-10(16)9-14(17,18)19/h1-2,6-7,10H,3-5,8-9H2. The topological polar surface area (TPSA) is 26.3 Å². The molecule has 1 unspecified atom stereocenters. The normalized spacial score (nSPS) is 13.0. The van der Waals surface area contributed by atoms with Gasteiger partial charge in [-0.15, -0.1) is 0 Å². The van der Waals surface area contributed by atoms with Gasteiger partial charge in [-0.25, -0.2) is 9.18 Å². The second-order valence-corrected chi connectivity index (χ2v) is 5.38. The van der Waals surface area contributed by atoms with Crippen LogP contribution in [-0.2, 0) is 4.74 Å². The second kappa shape index (κ2) is 8.36. The molecule has 0 aliphatic rings. The van der Waals surface area contributed by atoms with Crippen molar-refractivity contribution >= 4 is 21.9 Å². The molecule has 0 aliphatic heterocycles. The van der Waals surface area contributed by atoms with Crippen molar-refractivity contribution in [2.45, 2.75) is 38.0 Å². The van der Waals surface area contributed by atoms with Crippen molar-refractivity contribution in [2.75, 3.05) is 6.61 Å². The monoisotopic (exact) mass is 370 g/mol. The van der Waals surface area contributed by atoms with E-state index >= 15 is 0 Å². The van der Waals surface area contributed by atoms with E-state index in [1.807, 2.05) is 0 Å². The number of unbranched alkanes of at least 4 members (excludes halogenated alkanes) is 1. The quantitative estimate of drug-likeness (QED) is 0.380. The van der Waals surface area contributed by atoms with E-state index in [9.17, 15) is 22.4 Å². The molecule has 0 bridgehead atoms. The largest absolute Gasteiger partial charge is 0.462 e. The third-order valence-corrected chi connectivity index (χ3v) is 3.38. The summed E-state index contributed by atoms with van der Waals surface area (Å²) in [4.78, 5) is 11.7. The minimum absolute atomic E-state index is 0.0545. The van der Waals surface area contributed by atoms with Crippen LogP contribution in [0.4, 0.5) is 17.6 Å². The molecule has 0 fully saturated rings. The molecule has 1 aromatic rings. The minimum atomic E-state index is -4.48. The lowest BCUT2D eigenvalue weighted by Gasteiger charge is -2.11. The van der Waals surface area contributed by atoms with Gasteiger partial charge in [-0.3, -0.25) is 0 Å². The Hall–Kier alpha value is -1.11. The summed E-state index contributed by atoms with van der Waals surface area (Å²) >= 11 is 3.21. The smallest absolute Gasteiger partial charge is 0.391 e. The van der Waals surface area contributed by atoms with Crippen molar-refractivity contribution in [2.24, 2.45) is 0 Å². The zero-order valence-electron chi connectivity index (χ0n) is 11.1. The summed E-state index contributed by atoms with van der Waals surface area (Å²) in [5, 5.41) is 0. The Balaban J connectivity index is 2.20. The Kier molecular flexibility index (Phi) is 7.14. The number of hydrogen-bond donors (Lipinski definition) is 0. The van der Waals surface area contributed by atoms with E-state index in [4.69, 9.17) is 4.74 Å². The Labute approximate surface area is 128 Å². The molecule has 0 heterocycles. The maximum atomic E-state index is 13.0. The second-order valence-electron chi connectivity index (χ2n) is 4.53. The van der Waals surface area contributed by atoms with Crippen LogP contribution in [0.3, 0.4) is 0 Å². The highest BCUT2D eigenvalue weighted by molar-refractivity contribution is 9.10. The molecular formula is C14H15BrF4O2. The number of esters is 1. The number of hydrogen-bond acceptors (Lipinski definition) is 2.